The fraction of sp³-hybridized carbons (Fsp3) is 0.0667. The zero-order valence-electron chi connectivity index (χ0n) is 11.0. The molecular formula is C15H14N4O. The lowest BCUT2D eigenvalue weighted by Gasteiger charge is -2.19. The summed E-state index contributed by atoms with van der Waals surface area (Å²) in [6, 6.07) is 15.5. The summed E-state index contributed by atoms with van der Waals surface area (Å²) in [4.78, 5) is 13.5. The molecule has 2 aromatic carbocycles. The standard InChI is InChI=1S/C15H14N4O/c1-19(14-5-3-2-4-11(14)10-16)15(20)18-13-8-6-12(17)7-9-13/h2-9H,17H2,1H3,(H,18,20). The number of nitrogens with two attached hydrogens (primary N) is 1. The zero-order chi connectivity index (χ0) is 14.5. The van der Waals surface area contributed by atoms with Crippen LogP contribution in [-0.2, 0) is 0 Å². The molecule has 0 aliphatic rings. The second-order valence-electron chi connectivity index (χ2n) is 4.24. The first-order valence-corrected chi connectivity index (χ1v) is 6.01. The number of benzene rings is 2. The quantitative estimate of drug-likeness (QED) is 0.820. The maximum atomic E-state index is 12.1. The van der Waals surface area contributed by atoms with Gasteiger partial charge in [-0.1, -0.05) is 12.1 Å². The molecule has 20 heavy (non-hydrogen) atoms. The van der Waals surface area contributed by atoms with Crippen LogP contribution in [0.5, 0.6) is 0 Å². The Kier molecular flexibility index (Phi) is 3.87. The SMILES string of the molecule is CN(C(=O)Nc1ccc(N)cc1)c1ccccc1C#N. The van der Waals surface area contributed by atoms with Gasteiger partial charge in [-0.05, 0) is 36.4 Å². The lowest BCUT2D eigenvalue weighted by Crippen LogP contribution is -2.31. The second kappa shape index (κ2) is 5.76. The molecule has 100 valence electrons. The minimum absolute atomic E-state index is 0.322. The Morgan fingerprint density at radius 3 is 2.50 bits per heavy atom. The molecule has 0 fully saturated rings. The van der Waals surface area contributed by atoms with Gasteiger partial charge in [0.2, 0.25) is 0 Å². The Balaban J connectivity index is 2.17. The summed E-state index contributed by atoms with van der Waals surface area (Å²) in [5, 5.41) is 11.8. The highest BCUT2D eigenvalue weighted by Gasteiger charge is 2.14. The van der Waals surface area contributed by atoms with Crippen molar-refractivity contribution in [1.82, 2.24) is 0 Å². The lowest BCUT2D eigenvalue weighted by atomic mass is 10.2. The second-order valence-corrected chi connectivity index (χ2v) is 4.24. The van der Waals surface area contributed by atoms with E-state index in [4.69, 9.17) is 11.0 Å². The van der Waals surface area contributed by atoms with Gasteiger partial charge in [0.1, 0.15) is 6.07 Å². The van der Waals surface area contributed by atoms with E-state index in [9.17, 15) is 4.79 Å². The van der Waals surface area contributed by atoms with E-state index in [0.717, 1.165) is 0 Å². The molecule has 0 spiro atoms. The number of nitriles is 1. The number of carbonyl (C=O) groups is 1. The van der Waals surface area contributed by atoms with Crippen molar-refractivity contribution >= 4 is 23.1 Å². The molecule has 0 saturated carbocycles. The summed E-state index contributed by atoms with van der Waals surface area (Å²) in [6.45, 7) is 0. The zero-order valence-corrected chi connectivity index (χ0v) is 11.0. The van der Waals surface area contributed by atoms with Crippen molar-refractivity contribution < 1.29 is 4.79 Å². The van der Waals surface area contributed by atoms with Crippen LogP contribution < -0.4 is 16.0 Å². The van der Waals surface area contributed by atoms with E-state index < -0.39 is 0 Å². The van der Waals surface area contributed by atoms with Crippen LogP contribution in [0.15, 0.2) is 48.5 Å². The molecule has 0 bridgehead atoms. The van der Waals surface area contributed by atoms with Crippen molar-refractivity contribution in [2.45, 2.75) is 0 Å². The van der Waals surface area contributed by atoms with Crippen LogP contribution >= 0.6 is 0 Å². The highest BCUT2D eigenvalue weighted by Crippen LogP contribution is 2.19. The van der Waals surface area contributed by atoms with Gasteiger partial charge in [-0.3, -0.25) is 4.90 Å². The molecule has 3 N–H and O–H groups in total. The van der Waals surface area contributed by atoms with Crippen molar-refractivity contribution in [3.63, 3.8) is 0 Å². The number of nitrogens with one attached hydrogen (secondary N) is 1. The van der Waals surface area contributed by atoms with Crippen LogP contribution in [0.2, 0.25) is 0 Å². The van der Waals surface area contributed by atoms with Gasteiger partial charge in [-0.25, -0.2) is 4.79 Å². The van der Waals surface area contributed by atoms with Crippen molar-refractivity contribution in [2.75, 3.05) is 23.0 Å². The predicted molar refractivity (Wildman–Crippen MR) is 79.4 cm³/mol. The van der Waals surface area contributed by atoms with E-state index in [0.29, 0.717) is 22.6 Å². The van der Waals surface area contributed by atoms with Crippen LogP contribution in [0.3, 0.4) is 0 Å². The van der Waals surface area contributed by atoms with Gasteiger partial charge in [-0.15, -0.1) is 0 Å². The molecule has 0 saturated heterocycles. The van der Waals surface area contributed by atoms with E-state index in [1.54, 1.807) is 55.6 Å². The van der Waals surface area contributed by atoms with Crippen molar-refractivity contribution in [3.05, 3.63) is 54.1 Å². The number of nitrogens with zero attached hydrogens (tertiary/aromatic N) is 2. The number of hydrogen-bond acceptors (Lipinski definition) is 3. The Morgan fingerprint density at radius 1 is 1.20 bits per heavy atom. The molecule has 0 unspecified atom stereocenters. The van der Waals surface area contributed by atoms with Crippen LogP contribution in [0.4, 0.5) is 21.9 Å². The topological polar surface area (TPSA) is 82.2 Å². The molecule has 0 atom stereocenters. The number of rotatable bonds is 2. The Labute approximate surface area is 117 Å². The summed E-state index contributed by atoms with van der Waals surface area (Å²) in [5.41, 5.74) is 7.87. The predicted octanol–water partition coefficient (Wildman–Crippen LogP) is 2.81. The average molecular weight is 266 g/mol. The number of nitrogen functional groups attached to an aromatic ring is 1. The molecule has 0 radical (unpaired) electrons. The normalized spacial score (nSPS) is 9.60. The summed E-state index contributed by atoms with van der Waals surface area (Å²) in [6.07, 6.45) is 0. The van der Waals surface area contributed by atoms with Crippen LogP contribution in [-0.4, -0.2) is 13.1 Å². The molecule has 0 aromatic heterocycles. The maximum absolute atomic E-state index is 12.1. The van der Waals surface area contributed by atoms with Gasteiger partial charge in [0.25, 0.3) is 0 Å². The molecule has 2 amide bonds. The van der Waals surface area contributed by atoms with Crippen molar-refractivity contribution in [1.29, 1.82) is 5.26 Å². The number of hydrogen-bond donors (Lipinski definition) is 2. The Morgan fingerprint density at radius 2 is 1.85 bits per heavy atom. The largest absolute Gasteiger partial charge is 0.399 e. The van der Waals surface area contributed by atoms with E-state index in [1.165, 1.54) is 4.90 Å². The fourth-order valence-corrected chi connectivity index (χ4v) is 1.74. The smallest absolute Gasteiger partial charge is 0.326 e. The monoisotopic (exact) mass is 266 g/mol. The summed E-state index contributed by atoms with van der Waals surface area (Å²) < 4.78 is 0. The summed E-state index contributed by atoms with van der Waals surface area (Å²) in [5.74, 6) is 0. The molecule has 5 nitrogen and oxygen atoms in total. The van der Waals surface area contributed by atoms with Gasteiger partial charge in [-0.2, -0.15) is 5.26 Å². The van der Waals surface area contributed by atoms with Gasteiger partial charge < -0.3 is 11.1 Å². The molecule has 2 aromatic rings. The van der Waals surface area contributed by atoms with E-state index >= 15 is 0 Å². The first-order valence-electron chi connectivity index (χ1n) is 6.01. The Hall–Kier alpha value is -3.00. The van der Waals surface area contributed by atoms with E-state index in [2.05, 4.69) is 11.4 Å². The van der Waals surface area contributed by atoms with Gasteiger partial charge in [0.05, 0.1) is 11.3 Å². The van der Waals surface area contributed by atoms with E-state index in [1.807, 2.05) is 0 Å². The molecule has 2 rings (SSSR count). The lowest BCUT2D eigenvalue weighted by molar-refractivity contribution is 0.258. The number of anilines is 3. The van der Waals surface area contributed by atoms with Gasteiger partial charge >= 0.3 is 6.03 Å². The fourth-order valence-electron chi connectivity index (χ4n) is 1.74. The number of amides is 2. The van der Waals surface area contributed by atoms with Crippen LogP contribution in [0, 0.1) is 11.3 Å². The minimum atomic E-state index is -0.322. The highest BCUT2D eigenvalue weighted by molar-refractivity contribution is 6.02. The van der Waals surface area contributed by atoms with Crippen molar-refractivity contribution in [3.8, 4) is 6.07 Å². The third-order valence-corrected chi connectivity index (χ3v) is 2.85. The maximum Gasteiger partial charge on any atom is 0.326 e. The minimum Gasteiger partial charge on any atom is -0.399 e. The molecular weight excluding hydrogens is 252 g/mol. The third-order valence-electron chi connectivity index (χ3n) is 2.85. The molecule has 5 heteroatoms. The number of urea groups is 1. The Bertz CT molecular complexity index is 658. The highest BCUT2D eigenvalue weighted by atomic mass is 16.2. The first-order chi connectivity index (χ1) is 9.61. The van der Waals surface area contributed by atoms with Gasteiger partial charge in [0.15, 0.2) is 0 Å². The summed E-state index contributed by atoms with van der Waals surface area (Å²) in [7, 11) is 1.61. The average Bonchev–Trinajstić information content (AvgIpc) is 2.48. The molecule has 0 aliphatic carbocycles. The number of carbonyl (C=O) groups excluding carboxylic acids is 1. The molecule has 0 heterocycles. The third kappa shape index (κ3) is 2.87. The van der Waals surface area contributed by atoms with E-state index in [-0.39, 0.29) is 6.03 Å². The van der Waals surface area contributed by atoms with Crippen LogP contribution in [0.25, 0.3) is 0 Å². The number of para-hydroxylation sites is 1. The molecule has 0 aliphatic heterocycles. The van der Waals surface area contributed by atoms with Crippen molar-refractivity contribution in [2.24, 2.45) is 0 Å². The summed E-state index contributed by atoms with van der Waals surface area (Å²) >= 11 is 0. The van der Waals surface area contributed by atoms with Gasteiger partial charge in [0, 0.05) is 18.4 Å². The first kappa shape index (κ1) is 13.4. The van der Waals surface area contributed by atoms with Crippen LogP contribution in [0.1, 0.15) is 5.56 Å².